The Morgan fingerprint density at radius 1 is 0.248 bits per heavy atom. The summed E-state index contributed by atoms with van der Waals surface area (Å²) in [4.78, 5) is 5.01. The summed E-state index contributed by atoms with van der Waals surface area (Å²) in [5.74, 6) is 0. The Bertz CT molecular complexity index is 5310. The molecule has 2 heterocycles. The van der Waals surface area contributed by atoms with Crippen molar-refractivity contribution in [2.24, 2.45) is 0 Å². The molecule has 538 valence electrons. The number of hydrogen-bond acceptors (Lipinski definition) is 2. The molecule has 0 saturated heterocycles. The lowest BCUT2D eigenvalue weighted by molar-refractivity contribution is 0.570. The fourth-order valence-electron chi connectivity index (χ4n) is 15.9. The Morgan fingerprint density at radius 2 is 0.524 bits per heavy atom. The van der Waals surface area contributed by atoms with Gasteiger partial charge in [-0.05, 0) is 208 Å². The van der Waals surface area contributed by atoms with Gasteiger partial charge in [-0.2, -0.15) is 0 Å². The van der Waals surface area contributed by atoms with E-state index in [1.165, 1.54) is 33.4 Å². The minimum atomic E-state index is -0.627. The zero-order chi connectivity index (χ0) is 84.7. The van der Waals surface area contributed by atoms with Crippen LogP contribution in [0.2, 0.25) is 0 Å². The molecule has 0 saturated carbocycles. The topological polar surface area (TPSA) is 6.48 Å². The third kappa shape index (κ3) is 13.9. The molecule has 11 aromatic rings. The van der Waals surface area contributed by atoms with Gasteiger partial charge in [-0.25, -0.2) is 0 Å². The van der Waals surface area contributed by atoms with Gasteiger partial charge in [-0.3, -0.25) is 0 Å². The summed E-state index contributed by atoms with van der Waals surface area (Å²) in [5.41, 5.74) is 24.0. The summed E-state index contributed by atoms with van der Waals surface area (Å²) in [5, 5.41) is 0. The third-order valence-corrected chi connectivity index (χ3v) is 21.9. The van der Waals surface area contributed by atoms with E-state index in [1.807, 2.05) is 12.1 Å². The van der Waals surface area contributed by atoms with Crippen molar-refractivity contribution in [3.8, 4) is 66.8 Å². The van der Waals surface area contributed by atoms with Gasteiger partial charge in [0.2, 0.25) is 0 Å². The molecular formula is C102H117BN2. The molecule has 11 aromatic carbocycles. The van der Waals surface area contributed by atoms with Crippen molar-refractivity contribution >= 4 is 57.2 Å². The zero-order valence-electron chi connectivity index (χ0n) is 78.0. The van der Waals surface area contributed by atoms with Gasteiger partial charge in [0.25, 0.3) is 6.71 Å². The summed E-state index contributed by atoms with van der Waals surface area (Å²) in [6, 6.07) is 54.9. The summed E-state index contributed by atoms with van der Waals surface area (Å²) in [6.07, 6.45) is 0. The van der Waals surface area contributed by atoms with E-state index in [1.54, 1.807) is 0 Å². The van der Waals surface area contributed by atoms with Crippen LogP contribution in [0.15, 0.2) is 218 Å². The van der Waals surface area contributed by atoms with E-state index in [4.69, 9.17) is 2.74 Å². The molecule has 0 bridgehead atoms. The molecule has 0 radical (unpaired) electrons. The molecule has 13 rings (SSSR count). The van der Waals surface area contributed by atoms with Crippen molar-refractivity contribution in [1.29, 1.82) is 0 Å². The van der Waals surface area contributed by atoms with Crippen molar-refractivity contribution in [3.05, 3.63) is 268 Å². The highest BCUT2D eigenvalue weighted by Gasteiger charge is 2.48. The molecule has 0 aliphatic carbocycles. The van der Waals surface area contributed by atoms with Crippen LogP contribution in [0, 0.1) is 0 Å². The Hall–Kier alpha value is -8.92. The van der Waals surface area contributed by atoms with E-state index in [0.717, 1.165) is 112 Å². The molecule has 2 nitrogen and oxygen atoms in total. The predicted molar refractivity (Wildman–Crippen MR) is 461 cm³/mol. The molecule has 3 heteroatoms. The van der Waals surface area contributed by atoms with Crippen molar-refractivity contribution in [1.82, 2.24) is 0 Å². The van der Waals surface area contributed by atoms with Crippen LogP contribution in [0.4, 0.5) is 34.1 Å². The van der Waals surface area contributed by atoms with Crippen LogP contribution in [0.5, 0.6) is 0 Å². The molecule has 105 heavy (non-hydrogen) atoms. The second-order valence-electron chi connectivity index (χ2n) is 39.3. The van der Waals surface area contributed by atoms with Crippen LogP contribution < -0.4 is 26.2 Å². The lowest BCUT2D eigenvalue weighted by Gasteiger charge is -2.47. The average molecular weight is 1390 g/mol. The Labute approximate surface area is 648 Å². The van der Waals surface area contributed by atoms with E-state index in [9.17, 15) is 11.0 Å². The minimum Gasteiger partial charge on any atom is -0.310 e. The van der Waals surface area contributed by atoms with Crippen LogP contribution in [-0.4, -0.2) is 6.71 Å². The fraction of sp³-hybridized carbons (Fsp3) is 0.353. The molecule has 0 aromatic heterocycles. The Morgan fingerprint density at radius 3 is 0.810 bits per heavy atom. The largest absolute Gasteiger partial charge is 0.310 e. The van der Waals surface area contributed by atoms with E-state index in [-0.39, 0.29) is 46.1 Å². The summed E-state index contributed by atoms with van der Waals surface area (Å²) < 4.78 is 94.2. The first-order chi connectivity index (χ1) is 52.9. The smallest absolute Gasteiger partial charge is 0.252 e. The van der Waals surface area contributed by atoms with Crippen molar-refractivity contribution < 1.29 is 13.7 Å². The van der Waals surface area contributed by atoms with E-state index >= 15 is 0 Å². The quantitative estimate of drug-likeness (QED) is 0.140. The standard InChI is InChI=1S/C102H117BN2/c1-94(2,3)70-50-44-66(45-51-70)75-58-72(96(7,8)9)60-77(89-79(99(16,17)18)40-34-41-80(89)100(19,20)21)92(75)104-85-56-68(64-36-30-28-31-37-64)48-54-83(85)103-84-55-49-69(65-38-32-29-33-39-65)57-86(84)105(88-63-74(98(13,14)15)62-87(104)91(88)103)93-76(67-46-52-71(53-47-67)95(4,5)6)59-73(97(10,11)12)61-78(93)90-81(101(22,23)24)42-35-43-82(90)102(25,26)27/h28-63H,1-27H3/i28D,29D,30D,31D,32D,33D,36D,37D,38D,39D. The molecule has 0 atom stereocenters. The highest BCUT2D eigenvalue weighted by Crippen LogP contribution is 2.58. The van der Waals surface area contributed by atoms with Crippen molar-refractivity contribution in [3.63, 3.8) is 0 Å². The summed E-state index contributed by atoms with van der Waals surface area (Å²) in [6.45, 7) is 61.2. The van der Waals surface area contributed by atoms with Gasteiger partial charge in [-0.15, -0.1) is 0 Å². The molecule has 2 aliphatic heterocycles. The SMILES string of the molecule is [2H]c1c([2H])c([2H])c(-c2ccc3c(c2)N(c2c(-c4ccc(C(C)(C)C)cc4)cc(C(C)(C)C)cc2-c2c(C(C)(C)C)cccc2C(C)(C)C)c2cc(C(C)(C)C)cc4c2B3c2ccc(-c3c([2H])c([2H])c([2H])c([2H])c3[2H])cc2N4c2c(-c3ccc(C(C)(C)C)cc3)cc(C(C)(C)C)cc2-c2c(C(C)(C)C)cccc2C(C)(C)C)c([2H])c1[2H]. The first-order valence-electron chi connectivity index (χ1n) is 43.0. The van der Waals surface area contributed by atoms with E-state index in [0.29, 0.717) is 11.1 Å². The zero-order valence-corrected chi connectivity index (χ0v) is 68.0. The Balaban J connectivity index is 1.35. The van der Waals surface area contributed by atoms with Crippen LogP contribution in [0.3, 0.4) is 0 Å². The lowest BCUT2D eigenvalue weighted by Crippen LogP contribution is -2.61. The minimum absolute atomic E-state index is 0.0796. The molecule has 0 unspecified atom stereocenters. The first-order valence-corrected chi connectivity index (χ1v) is 38.0. The lowest BCUT2D eigenvalue weighted by atomic mass is 9.33. The highest BCUT2D eigenvalue weighted by molar-refractivity contribution is 7.00. The number of fused-ring (bicyclic) bond motifs is 4. The molecular weight excluding hydrogens is 1260 g/mol. The number of anilines is 6. The molecule has 0 fully saturated rings. The summed E-state index contributed by atoms with van der Waals surface area (Å²) in [7, 11) is 0. The maximum Gasteiger partial charge on any atom is 0.252 e. The number of rotatable bonds is 8. The van der Waals surface area contributed by atoms with Gasteiger partial charge in [-0.1, -0.05) is 357 Å². The van der Waals surface area contributed by atoms with Gasteiger partial charge in [0, 0.05) is 45.0 Å². The maximum atomic E-state index is 9.80. The molecule has 0 N–H and O–H groups in total. The molecule has 0 spiro atoms. The normalized spacial score (nSPS) is 15.1. The summed E-state index contributed by atoms with van der Waals surface area (Å²) >= 11 is 0. The number of hydrogen-bond donors (Lipinski definition) is 0. The highest BCUT2D eigenvalue weighted by atomic mass is 15.2. The molecule has 0 amide bonds. The first kappa shape index (κ1) is 62.3. The number of benzene rings is 11. The van der Waals surface area contributed by atoms with Gasteiger partial charge < -0.3 is 9.80 Å². The average Bonchev–Trinajstić information content (AvgIpc) is 0.685. The maximum absolute atomic E-state index is 9.80. The van der Waals surface area contributed by atoms with Gasteiger partial charge in [0.1, 0.15) is 0 Å². The van der Waals surface area contributed by atoms with E-state index < -0.39 is 80.9 Å². The number of nitrogens with zero attached hydrogens (tertiary/aromatic N) is 2. The predicted octanol–water partition coefficient (Wildman–Crippen LogP) is 27.4. The van der Waals surface area contributed by atoms with Crippen LogP contribution in [0.25, 0.3) is 66.8 Å². The van der Waals surface area contributed by atoms with Gasteiger partial charge in [0.05, 0.1) is 25.1 Å². The van der Waals surface area contributed by atoms with Crippen molar-refractivity contribution in [2.45, 2.75) is 236 Å². The monoisotopic (exact) mass is 1390 g/mol. The van der Waals surface area contributed by atoms with Crippen molar-refractivity contribution in [2.75, 3.05) is 9.80 Å². The van der Waals surface area contributed by atoms with Crippen LogP contribution >= 0.6 is 0 Å². The van der Waals surface area contributed by atoms with Crippen LogP contribution in [-0.2, 0) is 48.7 Å². The van der Waals surface area contributed by atoms with E-state index in [2.05, 4.69) is 342 Å². The Kier molecular flexibility index (Phi) is 15.4. The van der Waals surface area contributed by atoms with Gasteiger partial charge in [0.15, 0.2) is 0 Å². The van der Waals surface area contributed by atoms with Gasteiger partial charge >= 0.3 is 0 Å². The van der Waals surface area contributed by atoms with Crippen LogP contribution in [0.1, 0.15) is 251 Å². The molecule has 2 aliphatic rings. The second kappa shape index (κ2) is 26.0. The second-order valence-corrected chi connectivity index (χ2v) is 39.3. The third-order valence-electron chi connectivity index (χ3n) is 21.9. The fourth-order valence-corrected chi connectivity index (χ4v) is 15.9.